The lowest BCUT2D eigenvalue weighted by atomic mass is 10.2. The Bertz CT molecular complexity index is 443. The molecule has 0 radical (unpaired) electrons. The molecule has 1 fully saturated rings. The van der Waals surface area contributed by atoms with Crippen molar-refractivity contribution in [3.05, 3.63) is 16.4 Å². The summed E-state index contributed by atoms with van der Waals surface area (Å²) in [6.07, 6.45) is -0.908. The van der Waals surface area contributed by atoms with E-state index in [1.54, 1.807) is 0 Å². The van der Waals surface area contributed by atoms with Crippen molar-refractivity contribution in [1.29, 1.82) is 0 Å². The van der Waals surface area contributed by atoms with Crippen molar-refractivity contribution in [1.82, 2.24) is 15.1 Å². The van der Waals surface area contributed by atoms with Crippen LogP contribution in [0.1, 0.15) is 36.6 Å². The molecule has 4 nitrogen and oxygen atoms in total. The molecular formula is C10H12ClF2N3O. The lowest BCUT2D eigenvalue weighted by Gasteiger charge is -2.05. The Morgan fingerprint density at radius 1 is 1.65 bits per heavy atom. The normalized spacial score (nSPS) is 15.4. The molecule has 0 aliphatic heterocycles. The van der Waals surface area contributed by atoms with E-state index in [0.717, 1.165) is 12.8 Å². The second kappa shape index (κ2) is 4.60. The number of alkyl halides is 2. The zero-order valence-electron chi connectivity index (χ0n) is 9.21. The van der Waals surface area contributed by atoms with Gasteiger partial charge in [0, 0.05) is 13.0 Å². The summed E-state index contributed by atoms with van der Waals surface area (Å²) in [4.78, 5) is 11.3. The number of amides is 1. The number of nitrogens with zero attached hydrogens (tertiary/aromatic N) is 2. The predicted molar refractivity (Wildman–Crippen MR) is 58.2 cm³/mol. The number of hydrogen-bond donors (Lipinski definition) is 1. The van der Waals surface area contributed by atoms with Gasteiger partial charge in [-0.15, -0.1) is 0 Å². The molecule has 1 heterocycles. The van der Waals surface area contributed by atoms with Crippen LogP contribution in [0.2, 0.25) is 5.02 Å². The summed E-state index contributed by atoms with van der Waals surface area (Å²) >= 11 is 5.89. The maximum atomic E-state index is 12.7. The summed E-state index contributed by atoms with van der Waals surface area (Å²) in [7, 11) is 1.48. The Morgan fingerprint density at radius 2 is 2.29 bits per heavy atom. The van der Waals surface area contributed by atoms with Crippen molar-refractivity contribution in [2.24, 2.45) is 0 Å². The molecule has 1 amide bonds. The molecule has 17 heavy (non-hydrogen) atoms. The van der Waals surface area contributed by atoms with Crippen molar-refractivity contribution < 1.29 is 13.6 Å². The largest absolute Gasteiger partial charge is 0.358 e. The summed E-state index contributed by atoms with van der Waals surface area (Å²) < 4.78 is 26.6. The smallest absolute Gasteiger partial charge is 0.283 e. The van der Waals surface area contributed by atoms with Gasteiger partial charge in [-0.2, -0.15) is 5.10 Å². The van der Waals surface area contributed by atoms with Gasteiger partial charge in [-0.1, -0.05) is 11.6 Å². The number of halogens is 3. The van der Waals surface area contributed by atoms with Crippen molar-refractivity contribution in [3.63, 3.8) is 0 Å². The highest BCUT2D eigenvalue weighted by Gasteiger charge is 2.34. The Morgan fingerprint density at radius 3 is 2.76 bits per heavy atom. The van der Waals surface area contributed by atoms with E-state index in [1.807, 2.05) is 0 Å². The molecule has 1 saturated carbocycles. The van der Waals surface area contributed by atoms with Crippen LogP contribution < -0.4 is 5.32 Å². The maximum Gasteiger partial charge on any atom is 0.283 e. The number of hydrogen-bond acceptors (Lipinski definition) is 2. The number of nitrogens with one attached hydrogen (secondary N) is 1. The van der Waals surface area contributed by atoms with Gasteiger partial charge in [0.1, 0.15) is 12.2 Å². The number of carbonyl (C=O) groups excluding carboxylic acids is 1. The molecule has 1 aromatic heterocycles. The number of likely N-dealkylation sites (N-methyl/N-ethyl adjacent to an activating group) is 1. The van der Waals surface area contributed by atoms with Gasteiger partial charge in [0.15, 0.2) is 0 Å². The predicted octanol–water partition coefficient (Wildman–Crippen LogP) is 2.10. The summed E-state index contributed by atoms with van der Waals surface area (Å²) in [6, 6.07) is 0. The summed E-state index contributed by atoms with van der Waals surface area (Å²) in [5.41, 5.74) is 0.128. The van der Waals surface area contributed by atoms with Gasteiger partial charge in [-0.05, 0) is 12.8 Å². The van der Waals surface area contributed by atoms with Gasteiger partial charge in [-0.3, -0.25) is 9.48 Å². The fourth-order valence-corrected chi connectivity index (χ4v) is 2.07. The standard InChI is InChI=1S/C10H12ClF2N3O/c1-14-6(17)4-16-9(5-2-3-5)7(11)8(15-16)10(12)13/h5,10H,2-4H2,1H3,(H,14,17). The van der Waals surface area contributed by atoms with Crippen LogP contribution in [0.25, 0.3) is 0 Å². The molecule has 0 spiro atoms. The minimum atomic E-state index is -2.72. The van der Waals surface area contributed by atoms with Crippen LogP contribution in [-0.2, 0) is 11.3 Å². The third-order valence-electron chi connectivity index (χ3n) is 2.70. The van der Waals surface area contributed by atoms with Crippen LogP contribution in [-0.4, -0.2) is 22.7 Å². The molecule has 0 atom stereocenters. The maximum absolute atomic E-state index is 12.7. The molecule has 0 bridgehead atoms. The van der Waals surface area contributed by atoms with E-state index in [1.165, 1.54) is 11.7 Å². The van der Waals surface area contributed by atoms with Crippen molar-refractivity contribution in [3.8, 4) is 0 Å². The first-order valence-electron chi connectivity index (χ1n) is 5.29. The summed E-state index contributed by atoms with van der Waals surface area (Å²) in [5.74, 6) is -0.126. The van der Waals surface area contributed by atoms with E-state index >= 15 is 0 Å². The van der Waals surface area contributed by atoms with Crippen molar-refractivity contribution in [2.45, 2.75) is 31.7 Å². The van der Waals surface area contributed by atoms with Crippen LogP contribution in [0.15, 0.2) is 0 Å². The Balaban J connectivity index is 2.35. The van der Waals surface area contributed by atoms with Crippen LogP contribution >= 0.6 is 11.6 Å². The van der Waals surface area contributed by atoms with E-state index in [4.69, 9.17) is 11.6 Å². The zero-order chi connectivity index (χ0) is 12.6. The highest BCUT2D eigenvalue weighted by atomic mass is 35.5. The average molecular weight is 264 g/mol. The van der Waals surface area contributed by atoms with Crippen molar-refractivity contribution >= 4 is 17.5 Å². The molecule has 0 unspecified atom stereocenters. The molecule has 2 rings (SSSR count). The number of rotatable bonds is 4. The molecule has 1 aromatic rings. The third kappa shape index (κ3) is 2.41. The fourth-order valence-electron chi connectivity index (χ4n) is 1.69. The first-order chi connectivity index (χ1) is 8.04. The van der Waals surface area contributed by atoms with Gasteiger partial charge >= 0.3 is 0 Å². The minimum absolute atomic E-state index is 0.00593. The molecule has 1 N–H and O–H groups in total. The van der Waals surface area contributed by atoms with Crippen molar-refractivity contribution in [2.75, 3.05) is 7.05 Å². The lowest BCUT2D eigenvalue weighted by molar-refractivity contribution is -0.121. The quantitative estimate of drug-likeness (QED) is 0.904. The minimum Gasteiger partial charge on any atom is -0.358 e. The van der Waals surface area contributed by atoms with Gasteiger partial charge in [0.25, 0.3) is 6.43 Å². The van der Waals surface area contributed by atoms with Crippen LogP contribution in [0, 0.1) is 0 Å². The zero-order valence-corrected chi connectivity index (χ0v) is 9.97. The number of carbonyl (C=O) groups is 1. The monoisotopic (exact) mass is 263 g/mol. The summed E-state index contributed by atoms with van der Waals surface area (Å²) in [6.45, 7) is -0.0746. The third-order valence-corrected chi connectivity index (χ3v) is 3.09. The van der Waals surface area contributed by atoms with E-state index in [0.29, 0.717) is 5.69 Å². The first kappa shape index (κ1) is 12.3. The second-order valence-corrected chi connectivity index (χ2v) is 4.37. The SMILES string of the molecule is CNC(=O)Cn1nc(C(F)F)c(Cl)c1C1CC1. The highest BCUT2D eigenvalue weighted by Crippen LogP contribution is 2.45. The van der Waals surface area contributed by atoms with E-state index in [2.05, 4.69) is 10.4 Å². The van der Waals surface area contributed by atoms with Crippen LogP contribution in [0.3, 0.4) is 0 Å². The van der Waals surface area contributed by atoms with E-state index < -0.39 is 12.1 Å². The summed E-state index contributed by atoms with van der Waals surface area (Å²) in [5, 5.41) is 6.17. The molecule has 1 aliphatic carbocycles. The first-order valence-corrected chi connectivity index (χ1v) is 5.67. The Hall–Kier alpha value is -1.17. The lowest BCUT2D eigenvalue weighted by Crippen LogP contribution is -2.25. The molecule has 1 aliphatic rings. The molecule has 7 heteroatoms. The van der Waals surface area contributed by atoms with Gasteiger partial charge in [-0.25, -0.2) is 8.78 Å². The average Bonchev–Trinajstić information content (AvgIpc) is 3.04. The fraction of sp³-hybridized carbons (Fsp3) is 0.600. The molecular weight excluding hydrogens is 252 g/mol. The molecule has 94 valence electrons. The number of aromatic nitrogens is 2. The van der Waals surface area contributed by atoms with Crippen LogP contribution in [0.5, 0.6) is 0 Å². The van der Waals surface area contributed by atoms with E-state index in [9.17, 15) is 13.6 Å². The topological polar surface area (TPSA) is 46.9 Å². The van der Waals surface area contributed by atoms with Gasteiger partial charge < -0.3 is 5.32 Å². The van der Waals surface area contributed by atoms with E-state index in [-0.39, 0.29) is 23.4 Å². The van der Waals surface area contributed by atoms with Gasteiger partial charge in [0.05, 0.1) is 10.7 Å². The highest BCUT2D eigenvalue weighted by molar-refractivity contribution is 6.32. The molecule has 0 aromatic carbocycles. The van der Waals surface area contributed by atoms with Gasteiger partial charge in [0.2, 0.25) is 5.91 Å². The Labute approximate surface area is 102 Å². The second-order valence-electron chi connectivity index (χ2n) is 3.99. The molecule has 0 saturated heterocycles. The van der Waals surface area contributed by atoms with Crippen LogP contribution in [0.4, 0.5) is 8.78 Å². The Kier molecular flexibility index (Phi) is 3.33.